The normalized spacial score (nSPS) is 11.7. The van der Waals surface area contributed by atoms with Crippen LogP contribution in [-0.2, 0) is 0 Å². The number of nitrogens with one attached hydrogen (secondary N) is 1. The molecule has 0 fully saturated rings. The molecule has 0 spiro atoms. The number of nitrogen functional groups attached to an aromatic ring is 1. The molecule has 4 aromatic rings. The third kappa shape index (κ3) is 4.05. The maximum Gasteiger partial charge on any atom is 0.257 e. The number of benzene rings is 2. The van der Waals surface area contributed by atoms with Gasteiger partial charge >= 0.3 is 0 Å². The zero-order valence-corrected chi connectivity index (χ0v) is 17.4. The van der Waals surface area contributed by atoms with Gasteiger partial charge in [0.2, 0.25) is 0 Å². The monoisotopic (exact) mass is 416 g/mol. The molecular formula is C23H24N6O2. The maximum atomic E-state index is 13.0. The van der Waals surface area contributed by atoms with E-state index in [0.717, 1.165) is 6.42 Å². The van der Waals surface area contributed by atoms with Gasteiger partial charge in [-0.15, -0.1) is 0 Å². The zero-order valence-electron chi connectivity index (χ0n) is 17.4. The molecular weight excluding hydrogens is 392 g/mol. The van der Waals surface area contributed by atoms with Crippen LogP contribution in [-0.4, -0.2) is 38.4 Å². The van der Waals surface area contributed by atoms with Crippen LogP contribution in [0.4, 0.5) is 5.82 Å². The summed E-state index contributed by atoms with van der Waals surface area (Å²) >= 11 is 0. The Bertz CT molecular complexity index is 1290. The molecule has 158 valence electrons. The lowest BCUT2D eigenvalue weighted by Gasteiger charge is -2.07. The molecule has 0 aliphatic rings. The number of carbonyl (C=O) groups is 1. The highest BCUT2D eigenvalue weighted by Crippen LogP contribution is 2.28. The van der Waals surface area contributed by atoms with Crippen molar-refractivity contribution < 1.29 is 9.90 Å². The first kappa shape index (κ1) is 20.3. The average molecular weight is 416 g/mol. The highest BCUT2D eigenvalue weighted by molar-refractivity contribution is 6.10. The molecule has 0 radical (unpaired) electrons. The Morgan fingerprint density at radius 3 is 2.55 bits per heavy atom. The van der Waals surface area contributed by atoms with E-state index in [-0.39, 0.29) is 23.0 Å². The summed E-state index contributed by atoms with van der Waals surface area (Å²) in [6, 6.07) is 14.2. The number of aromatic nitrogens is 3. The number of nitrogens with two attached hydrogens (primary N) is 1. The van der Waals surface area contributed by atoms with E-state index >= 15 is 0 Å². The summed E-state index contributed by atoms with van der Waals surface area (Å²) in [6.07, 6.45) is 2.33. The van der Waals surface area contributed by atoms with Gasteiger partial charge < -0.3 is 16.2 Å². The Labute approximate surface area is 179 Å². The predicted octanol–water partition coefficient (Wildman–Crippen LogP) is 3.53. The zero-order chi connectivity index (χ0) is 22.0. The minimum absolute atomic E-state index is 0.0875. The van der Waals surface area contributed by atoms with Crippen LogP contribution in [0.2, 0.25) is 0 Å². The number of aromatic hydroxyl groups is 1. The molecule has 0 aliphatic carbocycles. The van der Waals surface area contributed by atoms with Crippen LogP contribution in [0.15, 0.2) is 53.6 Å². The van der Waals surface area contributed by atoms with Gasteiger partial charge in [0.1, 0.15) is 22.6 Å². The highest BCUT2D eigenvalue weighted by Gasteiger charge is 2.24. The van der Waals surface area contributed by atoms with E-state index in [1.54, 1.807) is 24.3 Å². The number of phenolic OH excluding ortho intramolecular Hbond substituents is 1. The Morgan fingerprint density at radius 1 is 1.16 bits per heavy atom. The molecule has 8 nitrogen and oxygen atoms in total. The highest BCUT2D eigenvalue weighted by atomic mass is 16.3. The molecule has 2 heterocycles. The Hall–Kier alpha value is -3.94. The minimum atomic E-state index is -0.316. The lowest BCUT2D eigenvalue weighted by atomic mass is 10.1. The molecule has 0 unspecified atom stereocenters. The quantitative estimate of drug-likeness (QED) is 0.416. The van der Waals surface area contributed by atoms with Crippen molar-refractivity contribution in [3.05, 3.63) is 59.7 Å². The Morgan fingerprint density at radius 2 is 1.84 bits per heavy atom. The fourth-order valence-corrected chi connectivity index (χ4v) is 3.27. The van der Waals surface area contributed by atoms with E-state index < -0.39 is 0 Å². The largest absolute Gasteiger partial charge is 0.507 e. The van der Waals surface area contributed by atoms with Gasteiger partial charge in [-0.3, -0.25) is 4.79 Å². The third-order valence-electron chi connectivity index (χ3n) is 4.96. The number of rotatable bonds is 6. The molecule has 1 amide bonds. The smallest absolute Gasteiger partial charge is 0.257 e. The van der Waals surface area contributed by atoms with Crippen molar-refractivity contribution in [3.63, 3.8) is 0 Å². The van der Waals surface area contributed by atoms with Crippen LogP contribution < -0.4 is 11.1 Å². The third-order valence-corrected chi connectivity index (χ3v) is 4.96. The summed E-state index contributed by atoms with van der Waals surface area (Å²) < 4.78 is 1.39. The van der Waals surface area contributed by atoms with Gasteiger partial charge in [0.25, 0.3) is 5.91 Å². The van der Waals surface area contributed by atoms with Crippen LogP contribution in [0.5, 0.6) is 5.75 Å². The van der Waals surface area contributed by atoms with Crippen molar-refractivity contribution in [2.24, 2.45) is 11.0 Å². The molecule has 0 saturated carbocycles. The van der Waals surface area contributed by atoms with Gasteiger partial charge in [-0.2, -0.15) is 9.78 Å². The molecule has 0 saturated heterocycles. The number of hydrogen-bond acceptors (Lipinski definition) is 6. The molecule has 31 heavy (non-hydrogen) atoms. The first-order chi connectivity index (χ1) is 15.0. The molecule has 0 atom stereocenters. The van der Waals surface area contributed by atoms with Gasteiger partial charge in [-0.1, -0.05) is 38.1 Å². The van der Waals surface area contributed by atoms with E-state index in [1.807, 2.05) is 24.3 Å². The number of amides is 1. The van der Waals surface area contributed by atoms with Crippen LogP contribution in [0.1, 0.15) is 36.2 Å². The van der Waals surface area contributed by atoms with Gasteiger partial charge in [-0.05, 0) is 36.6 Å². The van der Waals surface area contributed by atoms with E-state index in [9.17, 15) is 9.90 Å². The second-order valence-corrected chi connectivity index (χ2v) is 7.70. The van der Waals surface area contributed by atoms with Crippen LogP contribution in [0.25, 0.3) is 22.2 Å². The maximum absolute atomic E-state index is 13.0. The fourth-order valence-electron chi connectivity index (χ4n) is 3.27. The van der Waals surface area contributed by atoms with Crippen molar-refractivity contribution in [1.29, 1.82) is 0 Å². The van der Waals surface area contributed by atoms with E-state index in [1.165, 1.54) is 10.9 Å². The Balaban J connectivity index is 1.84. The van der Waals surface area contributed by atoms with Crippen molar-refractivity contribution in [2.45, 2.75) is 20.3 Å². The number of anilines is 1. The molecule has 0 bridgehead atoms. The lowest BCUT2D eigenvalue weighted by molar-refractivity contribution is 0.0954. The summed E-state index contributed by atoms with van der Waals surface area (Å²) in [5.74, 6) is 0.374. The van der Waals surface area contributed by atoms with E-state index in [4.69, 9.17) is 5.73 Å². The van der Waals surface area contributed by atoms with Crippen molar-refractivity contribution >= 4 is 40.1 Å². The molecule has 4 rings (SSSR count). The SMILES string of the molecule is CC(C)CCNC(=O)c1c(N)n(/N=C/c2ccccc2O)c2nc3ccccc3nc12. The van der Waals surface area contributed by atoms with Crippen LogP contribution in [0.3, 0.4) is 0 Å². The van der Waals surface area contributed by atoms with Crippen molar-refractivity contribution in [1.82, 2.24) is 20.0 Å². The molecule has 4 N–H and O–H groups in total. The average Bonchev–Trinajstić information content (AvgIpc) is 3.01. The number of carbonyl (C=O) groups excluding carboxylic acids is 1. The molecule has 0 aliphatic heterocycles. The summed E-state index contributed by atoms with van der Waals surface area (Å²) in [6.45, 7) is 4.72. The summed E-state index contributed by atoms with van der Waals surface area (Å²) in [7, 11) is 0. The standard InChI is InChI=1S/C23H24N6O2/c1-14(2)11-12-25-23(31)19-20-22(28-17-9-5-4-8-16(17)27-20)29(21(19)24)26-13-15-7-3-6-10-18(15)30/h3-10,13-14,30H,11-12,24H2,1-2H3,(H,25,31)/b26-13+. The Kier molecular flexibility index (Phi) is 5.53. The predicted molar refractivity (Wildman–Crippen MR) is 122 cm³/mol. The molecule has 2 aromatic heterocycles. The van der Waals surface area contributed by atoms with E-state index in [2.05, 4.69) is 34.2 Å². The minimum Gasteiger partial charge on any atom is -0.507 e. The summed E-state index contributed by atoms with van der Waals surface area (Å²) in [5, 5.41) is 17.3. The lowest BCUT2D eigenvalue weighted by Crippen LogP contribution is -2.26. The second-order valence-electron chi connectivity index (χ2n) is 7.70. The molecule has 2 aromatic carbocycles. The van der Waals surface area contributed by atoms with Crippen molar-refractivity contribution in [3.8, 4) is 5.75 Å². The number of phenols is 1. The van der Waals surface area contributed by atoms with Gasteiger partial charge in [0.05, 0.1) is 17.2 Å². The fraction of sp³-hybridized carbons (Fsp3) is 0.217. The van der Waals surface area contributed by atoms with E-state index in [0.29, 0.717) is 40.2 Å². The van der Waals surface area contributed by atoms with Gasteiger partial charge in [0, 0.05) is 12.1 Å². The number of hydrogen-bond donors (Lipinski definition) is 3. The first-order valence-electron chi connectivity index (χ1n) is 10.1. The summed E-state index contributed by atoms with van der Waals surface area (Å²) in [5.41, 5.74) is 9.20. The molecule has 8 heteroatoms. The topological polar surface area (TPSA) is 118 Å². The van der Waals surface area contributed by atoms with Crippen molar-refractivity contribution in [2.75, 3.05) is 12.3 Å². The van der Waals surface area contributed by atoms with Crippen LogP contribution >= 0.6 is 0 Å². The second kappa shape index (κ2) is 8.43. The first-order valence-corrected chi connectivity index (χ1v) is 10.1. The van der Waals surface area contributed by atoms with Gasteiger partial charge in [-0.25, -0.2) is 9.97 Å². The summed E-state index contributed by atoms with van der Waals surface area (Å²) in [4.78, 5) is 22.3. The number of nitrogens with zero attached hydrogens (tertiary/aromatic N) is 4. The van der Waals surface area contributed by atoms with Crippen LogP contribution in [0, 0.1) is 5.92 Å². The van der Waals surface area contributed by atoms with Gasteiger partial charge in [0.15, 0.2) is 5.65 Å². The number of fused-ring (bicyclic) bond motifs is 2. The number of para-hydroxylation sites is 3.